The van der Waals surface area contributed by atoms with Crippen molar-refractivity contribution in [3.63, 3.8) is 0 Å². The lowest BCUT2D eigenvalue weighted by molar-refractivity contribution is -0.116. The molecule has 1 aromatic heterocycles. The molecule has 0 unspecified atom stereocenters. The van der Waals surface area contributed by atoms with Crippen molar-refractivity contribution in [3.05, 3.63) is 59.9 Å². The number of carbonyl (C=O) groups excluding carboxylic acids is 1. The maximum absolute atomic E-state index is 13.2. The second-order valence-electron chi connectivity index (χ2n) is 5.91. The Balaban J connectivity index is 1.68. The van der Waals surface area contributed by atoms with Crippen LogP contribution < -0.4 is 4.90 Å². The van der Waals surface area contributed by atoms with Gasteiger partial charge in [-0.15, -0.1) is 10.2 Å². The van der Waals surface area contributed by atoms with Crippen LogP contribution in [0.2, 0.25) is 0 Å². The van der Waals surface area contributed by atoms with E-state index in [4.69, 9.17) is 9.68 Å². The molecule has 28 heavy (non-hydrogen) atoms. The third kappa shape index (κ3) is 4.75. The summed E-state index contributed by atoms with van der Waals surface area (Å²) in [5.74, 6) is -0.172. The van der Waals surface area contributed by atoms with Crippen LogP contribution in [0.15, 0.2) is 58.2 Å². The molecule has 0 spiro atoms. The van der Waals surface area contributed by atoms with E-state index in [1.165, 1.54) is 29.2 Å². The Morgan fingerprint density at radius 2 is 1.96 bits per heavy atom. The molecule has 0 fully saturated rings. The normalized spacial score (nSPS) is 10.5. The topological polar surface area (TPSA) is 83.0 Å². The van der Waals surface area contributed by atoms with E-state index in [9.17, 15) is 9.18 Å². The molecule has 6 nitrogen and oxygen atoms in total. The molecule has 3 rings (SSSR count). The Hall–Kier alpha value is -3.18. The van der Waals surface area contributed by atoms with Gasteiger partial charge in [-0.25, -0.2) is 4.39 Å². The molecule has 1 amide bonds. The largest absolute Gasteiger partial charge is 0.411 e. The lowest BCUT2D eigenvalue weighted by atomic mass is 10.1. The van der Waals surface area contributed by atoms with Gasteiger partial charge in [0.25, 0.3) is 5.22 Å². The van der Waals surface area contributed by atoms with Gasteiger partial charge in [0.1, 0.15) is 5.82 Å². The molecule has 0 N–H and O–H groups in total. The van der Waals surface area contributed by atoms with Crippen molar-refractivity contribution in [2.45, 2.75) is 18.6 Å². The number of amides is 1. The van der Waals surface area contributed by atoms with Crippen LogP contribution >= 0.6 is 11.8 Å². The van der Waals surface area contributed by atoms with Crippen molar-refractivity contribution >= 4 is 23.4 Å². The standard InChI is InChI=1S/C20H17FN4O2S/c1-14-5-2-3-6-17(14)19-23-24-20(27-19)28-13-18(26)25(12-4-11-22)16-9-7-15(21)8-10-16/h2-3,5-10H,4,12-13H2,1H3. The first-order valence-electron chi connectivity index (χ1n) is 8.53. The fraction of sp³-hybridized carbons (Fsp3) is 0.200. The van der Waals surface area contributed by atoms with Crippen LogP contribution in [-0.2, 0) is 4.79 Å². The molecule has 142 valence electrons. The summed E-state index contributed by atoms with van der Waals surface area (Å²) in [6.45, 7) is 2.17. The number of hydrogen-bond donors (Lipinski definition) is 0. The minimum absolute atomic E-state index is 0.0538. The molecule has 0 aliphatic carbocycles. The molecule has 2 aromatic carbocycles. The van der Waals surface area contributed by atoms with Crippen molar-refractivity contribution in [1.82, 2.24) is 10.2 Å². The van der Waals surface area contributed by atoms with E-state index in [0.717, 1.165) is 22.9 Å². The van der Waals surface area contributed by atoms with Crippen molar-refractivity contribution in [1.29, 1.82) is 5.26 Å². The number of rotatable bonds is 7. The van der Waals surface area contributed by atoms with Gasteiger partial charge >= 0.3 is 0 Å². The number of benzene rings is 2. The highest BCUT2D eigenvalue weighted by Gasteiger charge is 2.18. The first-order valence-corrected chi connectivity index (χ1v) is 9.52. The highest BCUT2D eigenvalue weighted by molar-refractivity contribution is 7.99. The van der Waals surface area contributed by atoms with Crippen LogP contribution in [-0.4, -0.2) is 28.4 Å². The van der Waals surface area contributed by atoms with Crippen LogP contribution in [0, 0.1) is 24.1 Å². The van der Waals surface area contributed by atoms with E-state index in [1.54, 1.807) is 0 Å². The number of hydrogen-bond acceptors (Lipinski definition) is 6. The van der Waals surface area contributed by atoms with Crippen LogP contribution in [0.3, 0.4) is 0 Å². The summed E-state index contributed by atoms with van der Waals surface area (Å²) in [7, 11) is 0. The fourth-order valence-electron chi connectivity index (χ4n) is 2.57. The van der Waals surface area contributed by atoms with Gasteiger partial charge in [-0.2, -0.15) is 5.26 Å². The molecule has 0 aliphatic heterocycles. The molecule has 0 saturated heterocycles. The highest BCUT2D eigenvalue weighted by Crippen LogP contribution is 2.26. The first kappa shape index (κ1) is 19.6. The number of carbonyl (C=O) groups is 1. The third-order valence-corrected chi connectivity index (χ3v) is 4.79. The van der Waals surface area contributed by atoms with Gasteiger partial charge in [0.15, 0.2) is 0 Å². The van der Waals surface area contributed by atoms with Gasteiger partial charge in [-0.3, -0.25) is 4.79 Å². The summed E-state index contributed by atoms with van der Waals surface area (Å²) in [6.07, 6.45) is 0.172. The van der Waals surface area contributed by atoms with E-state index in [2.05, 4.69) is 10.2 Å². The second kappa shape index (κ2) is 9.15. The molecular weight excluding hydrogens is 379 g/mol. The number of anilines is 1. The molecular formula is C20H17FN4O2S. The summed E-state index contributed by atoms with van der Waals surface area (Å²) >= 11 is 1.12. The number of aromatic nitrogens is 2. The highest BCUT2D eigenvalue weighted by atomic mass is 32.2. The Bertz CT molecular complexity index is 998. The minimum atomic E-state index is -0.389. The van der Waals surface area contributed by atoms with Gasteiger partial charge in [0.05, 0.1) is 18.2 Å². The van der Waals surface area contributed by atoms with Crippen LogP contribution in [0.5, 0.6) is 0 Å². The van der Waals surface area contributed by atoms with E-state index in [0.29, 0.717) is 11.6 Å². The average Bonchev–Trinajstić information content (AvgIpc) is 3.17. The van der Waals surface area contributed by atoms with Gasteiger partial charge in [0.2, 0.25) is 11.8 Å². The SMILES string of the molecule is Cc1ccccc1-c1nnc(SCC(=O)N(CCC#N)c2ccc(F)cc2)o1. The Kier molecular flexibility index (Phi) is 6.40. The van der Waals surface area contributed by atoms with Crippen LogP contribution in [0.25, 0.3) is 11.5 Å². The predicted octanol–water partition coefficient (Wildman–Crippen LogP) is 4.22. The number of halogens is 1. The lowest BCUT2D eigenvalue weighted by Crippen LogP contribution is -2.33. The number of aryl methyl sites for hydroxylation is 1. The average molecular weight is 396 g/mol. The zero-order valence-electron chi connectivity index (χ0n) is 15.1. The maximum atomic E-state index is 13.2. The molecule has 3 aromatic rings. The molecule has 8 heteroatoms. The quantitative estimate of drug-likeness (QED) is 0.556. The predicted molar refractivity (Wildman–Crippen MR) is 104 cm³/mol. The van der Waals surface area contributed by atoms with E-state index < -0.39 is 0 Å². The van der Waals surface area contributed by atoms with Gasteiger partial charge < -0.3 is 9.32 Å². The van der Waals surface area contributed by atoms with E-state index in [-0.39, 0.29) is 35.7 Å². The zero-order valence-corrected chi connectivity index (χ0v) is 15.9. The van der Waals surface area contributed by atoms with E-state index in [1.807, 2.05) is 37.3 Å². The zero-order chi connectivity index (χ0) is 19.9. The van der Waals surface area contributed by atoms with E-state index >= 15 is 0 Å². The number of nitrogens with zero attached hydrogens (tertiary/aromatic N) is 4. The van der Waals surface area contributed by atoms with Crippen molar-refractivity contribution in [3.8, 4) is 17.5 Å². The van der Waals surface area contributed by atoms with Gasteiger partial charge in [-0.05, 0) is 42.8 Å². The maximum Gasteiger partial charge on any atom is 0.277 e. The third-order valence-electron chi connectivity index (χ3n) is 3.99. The fourth-order valence-corrected chi connectivity index (χ4v) is 3.21. The summed E-state index contributed by atoms with van der Waals surface area (Å²) in [4.78, 5) is 14.1. The summed E-state index contributed by atoms with van der Waals surface area (Å²) in [6, 6.07) is 15.3. The summed E-state index contributed by atoms with van der Waals surface area (Å²) in [5.41, 5.74) is 2.39. The first-order chi connectivity index (χ1) is 13.6. The molecule has 0 aliphatic rings. The van der Waals surface area contributed by atoms with Crippen molar-refractivity contribution < 1.29 is 13.6 Å². The smallest absolute Gasteiger partial charge is 0.277 e. The summed E-state index contributed by atoms with van der Waals surface area (Å²) < 4.78 is 18.8. The summed E-state index contributed by atoms with van der Waals surface area (Å²) in [5, 5.41) is 17.2. The van der Waals surface area contributed by atoms with Crippen LogP contribution in [0.4, 0.5) is 10.1 Å². The minimum Gasteiger partial charge on any atom is -0.411 e. The number of thioether (sulfide) groups is 1. The molecule has 0 radical (unpaired) electrons. The Morgan fingerprint density at radius 1 is 1.21 bits per heavy atom. The van der Waals surface area contributed by atoms with Crippen molar-refractivity contribution in [2.75, 3.05) is 17.2 Å². The monoisotopic (exact) mass is 396 g/mol. The Morgan fingerprint density at radius 3 is 2.68 bits per heavy atom. The molecule has 0 atom stereocenters. The molecule has 0 bridgehead atoms. The van der Waals surface area contributed by atoms with Gasteiger partial charge in [-0.1, -0.05) is 30.0 Å². The molecule has 1 heterocycles. The lowest BCUT2D eigenvalue weighted by Gasteiger charge is -2.21. The van der Waals surface area contributed by atoms with Crippen LogP contribution in [0.1, 0.15) is 12.0 Å². The second-order valence-corrected chi connectivity index (χ2v) is 6.83. The van der Waals surface area contributed by atoms with Gasteiger partial charge in [0, 0.05) is 17.8 Å². The van der Waals surface area contributed by atoms with Crippen molar-refractivity contribution in [2.24, 2.45) is 0 Å². The number of nitriles is 1. The molecule has 0 saturated carbocycles. The Labute approximate surface area is 166 Å².